The van der Waals surface area contributed by atoms with E-state index in [2.05, 4.69) is 5.09 Å². The van der Waals surface area contributed by atoms with Crippen LogP contribution in [0.2, 0.25) is 0 Å². The minimum Gasteiger partial charge on any atom is -0.461 e. The van der Waals surface area contributed by atoms with Crippen LogP contribution in [0.25, 0.3) is 0 Å². The second kappa shape index (κ2) is 12.4. The molecule has 2 aliphatic rings. The number of H-pyrrole nitrogens is 1. The quantitative estimate of drug-likeness (QED) is 0.294. The minimum atomic E-state index is -4.22. The topological polar surface area (TPSA) is 158 Å². The molecule has 0 bridgehead atoms. The molecule has 4 rings (SSSR count). The molecular weight excluding hydrogens is 524 g/mol. The van der Waals surface area contributed by atoms with Gasteiger partial charge in [-0.25, -0.2) is 9.36 Å². The summed E-state index contributed by atoms with van der Waals surface area (Å²) in [6.07, 6.45) is 1.58. The van der Waals surface area contributed by atoms with Crippen LogP contribution in [0.1, 0.15) is 51.7 Å². The molecule has 2 aromatic rings. The summed E-state index contributed by atoms with van der Waals surface area (Å²) in [6, 6.07) is 7.12. The summed E-state index contributed by atoms with van der Waals surface area (Å²) < 4.78 is 50.6. The molecule has 14 heteroatoms. The first kappa shape index (κ1) is 28.2. The summed E-state index contributed by atoms with van der Waals surface area (Å²) >= 11 is 0. The number of esters is 1. The van der Waals surface area contributed by atoms with Crippen LogP contribution in [0.5, 0.6) is 5.75 Å². The molecule has 1 saturated heterocycles. The Morgan fingerprint density at radius 2 is 1.97 bits per heavy atom. The summed E-state index contributed by atoms with van der Waals surface area (Å²) in [7, 11) is -4.22. The lowest BCUT2D eigenvalue weighted by atomic mass is 9.98. The number of carbonyl (C=O) groups excluding carboxylic acids is 1. The average molecular weight is 555 g/mol. The molecule has 12 nitrogen and oxygen atoms in total. The van der Waals surface area contributed by atoms with Gasteiger partial charge in [0.05, 0.1) is 18.9 Å². The van der Waals surface area contributed by atoms with Gasteiger partial charge in [-0.3, -0.25) is 23.7 Å². The molecule has 2 fully saturated rings. The van der Waals surface area contributed by atoms with Crippen molar-refractivity contribution >= 4 is 13.7 Å². The fourth-order valence-corrected chi connectivity index (χ4v) is 5.83. The highest BCUT2D eigenvalue weighted by molar-refractivity contribution is 7.52. The number of nitrogens with zero attached hydrogens (tertiary/aromatic N) is 1. The number of hydrogen-bond donors (Lipinski definition) is 3. The zero-order valence-corrected chi connectivity index (χ0v) is 21.7. The predicted octanol–water partition coefficient (Wildman–Crippen LogP) is 2.38. The number of halogens is 1. The Kier molecular flexibility index (Phi) is 9.16. The van der Waals surface area contributed by atoms with E-state index < -0.39 is 61.9 Å². The second-order valence-corrected chi connectivity index (χ2v) is 11.0. The molecule has 3 N–H and O–H groups in total. The fourth-order valence-electron chi connectivity index (χ4n) is 4.33. The molecule has 0 radical (unpaired) electrons. The molecule has 0 spiro atoms. The van der Waals surface area contributed by atoms with E-state index in [1.165, 1.54) is 6.92 Å². The minimum absolute atomic E-state index is 0.124. The van der Waals surface area contributed by atoms with Crippen LogP contribution in [0, 0.1) is 5.82 Å². The van der Waals surface area contributed by atoms with Crippen molar-refractivity contribution in [2.45, 2.75) is 76.0 Å². The number of aliphatic hydroxyl groups excluding tert-OH is 1. The number of para-hydroxylation sites is 1. The summed E-state index contributed by atoms with van der Waals surface area (Å²) in [5, 5.41) is 13.1. The average Bonchev–Trinajstić information content (AvgIpc) is 3.26. The maximum Gasteiger partial charge on any atom is 0.459 e. The number of benzene rings is 1. The summed E-state index contributed by atoms with van der Waals surface area (Å²) in [6.45, 7) is 1.02. The first-order valence-corrected chi connectivity index (χ1v) is 14.0. The number of rotatable bonds is 10. The Bertz CT molecular complexity index is 1260. The lowest BCUT2D eigenvalue weighted by Gasteiger charge is -2.27. The largest absolute Gasteiger partial charge is 0.461 e. The predicted molar refractivity (Wildman–Crippen MR) is 132 cm³/mol. The number of hydrogen-bond acceptors (Lipinski definition) is 9. The Labute approximate surface area is 217 Å². The van der Waals surface area contributed by atoms with Crippen LogP contribution < -0.4 is 20.9 Å². The molecule has 38 heavy (non-hydrogen) atoms. The van der Waals surface area contributed by atoms with Crippen molar-refractivity contribution in [2.24, 2.45) is 0 Å². The first-order valence-electron chi connectivity index (χ1n) is 12.5. The van der Waals surface area contributed by atoms with Crippen molar-refractivity contribution in [2.75, 3.05) is 6.61 Å². The van der Waals surface area contributed by atoms with Crippen molar-refractivity contribution in [1.82, 2.24) is 14.6 Å². The molecule has 1 aromatic carbocycles. The summed E-state index contributed by atoms with van der Waals surface area (Å²) in [5.74, 6) is -1.59. The van der Waals surface area contributed by atoms with Gasteiger partial charge < -0.3 is 19.1 Å². The third kappa shape index (κ3) is 7.17. The third-order valence-corrected chi connectivity index (χ3v) is 8.00. The van der Waals surface area contributed by atoms with Crippen LogP contribution in [0.4, 0.5) is 4.39 Å². The van der Waals surface area contributed by atoms with E-state index in [0.717, 1.165) is 36.7 Å². The lowest BCUT2D eigenvalue weighted by molar-refractivity contribution is -0.152. The van der Waals surface area contributed by atoms with Crippen molar-refractivity contribution in [3.05, 3.63) is 63.2 Å². The van der Waals surface area contributed by atoms with Crippen molar-refractivity contribution in [3.63, 3.8) is 0 Å². The Morgan fingerprint density at radius 3 is 2.68 bits per heavy atom. The van der Waals surface area contributed by atoms with E-state index in [4.69, 9.17) is 18.5 Å². The third-order valence-electron chi connectivity index (χ3n) is 6.36. The van der Waals surface area contributed by atoms with Crippen LogP contribution in [-0.4, -0.2) is 51.6 Å². The summed E-state index contributed by atoms with van der Waals surface area (Å²) in [5.41, 5.74) is -2.09. The molecule has 1 aliphatic heterocycles. The maximum absolute atomic E-state index is 13.7. The molecule has 208 valence electrons. The normalized spacial score (nSPS) is 24.4. The van der Waals surface area contributed by atoms with Gasteiger partial charge in [0, 0.05) is 6.42 Å². The summed E-state index contributed by atoms with van der Waals surface area (Å²) in [4.78, 5) is 37.9. The standard InChI is InChI=1S/C24H31FN3O9P/c1-15(23(31)35-16-8-4-2-5-9-16)27-38(33,37-17-10-6-3-7-11-17)34-14-20-19(29)12-21(36-20)28-13-18(25)22(30)26-24(28)32/h3,6-7,10-11,13,15-16,19-21,29H,2,4-5,8-9,12,14H2,1H3,(H,27,33)(H,26,30,32)/t15-,19?,20+,21+,38?/m0/s1. The second-order valence-electron chi connectivity index (χ2n) is 9.32. The zero-order chi connectivity index (χ0) is 27.3. The smallest absolute Gasteiger partial charge is 0.459 e. The maximum atomic E-state index is 13.7. The highest BCUT2D eigenvalue weighted by Crippen LogP contribution is 2.46. The van der Waals surface area contributed by atoms with Gasteiger partial charge in [-0.15, -0.1) is 0 Å². The number of ether oxygens (including phenoxy) is 2. The Balaban J connectivity index is 1.43. The Morgan fingerprint density at radius 1 is 1.26 bits per heavy atom. The molecule has 1 aliphatic carbocycles. The van der Waals surface area contributed by atoms with Gasteiger partial charge in [0.2, 0.25) is 5.82 Å². The zero-order valence-electron chi connectivity index (χ0n) is 20.8. The van der Waals surface area contributed by atoms with Gasteiger partial charge in [0.25, 0.3) is 5.56 Å². The Hall–Kier alpha value is -2.83. The van der Waals surface area contributed by atoms with E-state index in [-0.39, 0.29) is 18.3 Å². The molecular formula is C24H31FN3O9P. The number of carbonyl (C=O) groups is 1. The van der Waals surface area contributed by atoms with Crippen molar-refractivity contribution < 1.29 is 37.4 Å². The van der Waals surface area contributed by atoms with Crippen molar-refractivity contribution in [3.8, 4) is 5.75 Å². The van der Waals surface area contributed by atoms with Crippen LogP contribution in [0.3, 0.4) is 0 Å². The van der Waals surface area contributed by atoms with E-state index in [1.54, 1.807) is 30.3 Å². The highest BCUT2D eigenvalue weighted by atomic mass is 31.2. The monoisotopic (exact) mass is 555 g/mol. The number of nitrogens with one attached hydrogen (secondary N) is 2. The van der Waals surface area contributed by atoms with E-state index in [1.807, 2.05) is 4.98 Å². The van der Waals surface area contributed by atoms with Crippen LogP contribution >= 0.6 is 7.75 Å². The van der Waals surface area contributed by atoms with E-state index in [9.17, 15) is 28.4 Å². The lowest BCUT2D eigenvalue weighted by Crippen LogP contribution is -2.38. The first-order chi connectivity index (χ1) is 18.1. The van der Waals surface area contributed by atoms with Gasteiger partial charge in [0.1, 0.15) is 30.2 Å². The van der Waals surface area contributed by atoms with Gasteiger partial charge in [-0.05, 0) is 44.7 Å². The van der Waals surface area contributed by atoms with Gasteiger partial charge in [-0.2, -0.15) is 9.48 Å². The van der Waals surface area contributed by atoms with E-state index >= 15 is 0 Å². The molecule has 2 heterocycles. The molecule has 2 unspecified atom stereocenters. The number of aromatic nitrogens is 2. The van der Waals surface area contributed by atoms with E-state index in [0.29, 0.717) is 6.20 Å². The van der Waals surface area contributed by atoms with Crippen molar-refractivity contribution in [1.29, 1.82) is 0 Å². The molecule has 5 atom stereocenters. The molecule has 0 amide bonds. The van der Waals surface area contributed by atoms with Gasteiger partial charge >= 0.3 is 19.4 Å². The van der Waals surface area contributed by atoms with Gasteiger partial charge in [0.15, 0.2) is 0 Å². The van der Waals surface area contributed by atoms with Crippen LogP contribution in [0.15, 0.2) is 46.1 Å². The SMILES string of the molecule is C[C@H](NP(=O)(OC[C@H]1O[C@@H](n2cc(F)c(=O)[nH]c2=O)CC1O)Oc1ccccc1)C(=O)OC1CCCCC1. The molecule has 1 aromatic heterocycles. The fraction of sp³-hybridized carbons (Fsp3) is 0.542. The molecule has 1 saturated carbocycles. The highest BCUT2D eigenvalue weighted by Gasteiger charge is 2.40. The number of aromatic amines is 1. The van der Waals surface area contributed by atoms with Crippen LogP contribution in [-0.2, 0) is 23.4 Å². The number of aliphatic hydroxyl groups is 1. The van der Waals surface area contributed by atoms with Gasteiger partial charge in [-0.1, -0.05) is 24.6 Å².